The van der Waals surface area contributed by atoms with Crippen LogP contribution in [0.1, 0.15) is 56.2 Å². The van der Waals surface area contributed by atoms with Gasteiger partial charge in [-0.05, 0) is 82.2 Å². The highest BCUT2D eigenvalue weighted by Gasteiger charge is 2.24. The van der Waals surface area contributed by atoms with E-state index in [0.29, 0.717) is 5.16 Å². The van der Waals surface area contributed by atoms with Crippen LogP contribution in [0.2, 0.25) is 0 Å². The van der Waals surface area contributed by atoms with Crippen LogP contribution >= 0.6 is 23.1 Å². The van der Waals surface area contributed by atoms with Gasteiger partial charge in [0, 0.05) is 28.9 Å². The minimum Gasteiger partial charge on any atom is -0.351 e. The fourth-order valence-electron chi connectivity index (χ4n) is 4.80. The molecule has 4 aromatic rings. The number of carbonyl (C=O) groups is 1. The van der Waals surface area contributed by atoms with Crippen molar-refractivity contribution < 1.29 is 4.79 Å². The summed E-state index contributed by atoms with van der Waals surface area (Å²) in [6.07, 6.45) is 4.24. The van der Waals surface area contributed by atoms with Gasteiger partial charge < -0.3 is 4.57 Å². The lowest BCUT2D eigenvalue weighted by molar-refractivity contribution is 0.102. The molecule has 0 bridgehead atoms. The third-order valence-electron chi connectivity index (χ3n) is 6.97. The highest BCUT2D eigenvalue weighted by Crippen LogP contribution is 2.35. The van der Waals surface area contributed by atoms with Crippen molar-refractivity contribution in [1.29, 1.82) is 0 Å². The highest BCUT2D eigenvalue weighted by atomic mass is 32.2. The zero-order valence-electron chi connectivity index (χ0n) is 20.3. The van der Waals surface area contributed by atoms with Crippen LogP contribution < -0.4 is 5.56 Å². The Hall–Kier alpha value is -2.64. The molecular weight excluding hydrogens is 462 g/mol. The molecule has 7 heteroatoms. The lowest BCUT2D eigenvalue weighted by Crippen LogP contribution is -2.23. The van der Waals surface area contributed by atoms with Gasteiger partial charge in [0.1, 0.15) is 4.83 Å². The molecule has 0 aliphatic heterocycles. The number of nitrogens with zero attached hydrogens (tertiary/aromatic N) is 3. The summed E-state index contributed by atoms with van der Waals surface area (Å²) in [7, 11) is 1.97. The number of Topliss-reactive ketones (excluding diaryl/α,β-unsaturated/α-hetero) is 1. The van der Waals surface area contributed by atoms with Gasteiger partial charge in [-0.1, -0.05) is 23.9 Å². The summed E-state index contributed by atoms with van der Waals surface area (Å²) < 4.78 is 3.78. The number of fused-ring (bicyclic) bond motifs is 3. The molecule has 0 amide bonds. The summed E-state index contributed by atoms with van der Waals surface area (Å²) in [6.45, 7) is 8.02. The van der Waals surface area contributed by atoms with Gasteiger partial charge >= 0.3 is 0 Å². The van der Waals surface area contributed by atoms with Gasteiger partial charge in [0.2, 0.25) is 0 Å². The van der Waals surface area contributed by atoms with E-state index in [1.165, 1.54) is 22.2 Å². The summed E-state index contributed by atoms with van der Waals surface area (Å²) in [5.74, 6) is 0.289. The van der Waals surface area contributed by atoms with Gasteiger partial charge in [-0.25, -0.2) is 4.98 Å². The van der Waals surface area contributed by atoms with Crippen molar-refractivity contribution in [2.45, 2.75) is 58.5 Å². The molecular formula is C27H29N3O2S2. The molecule has 3 heterocycles. The Morgan fingerprint density at radius 1 is 1.12 bits per heavy atom. The van der Waals surface area contributed by atoms with E-state index in [9.17, 15) is 9.59 Å². The molecule has 0 radical (unpaired) electrons. The summed E-state index contributed by atoms with van der Waals surface area (Å²) in [4.78, 5) is 34.2. The highest BCUT2D eigenvalue weighted by molar-refractivity contribution is 7.99. The number of thioether (sulfide) groups is 1. The maximum Gasteiger partial charge on any atom is 0.267 e. The van der Waals surface area contributed by atoms with Crippen LogP contribution in [0.15, 0.2) is 34.2 Å². The van der Waals surface area contributed by atoms with Gasteiger partial charge in [-0.3, -0.25) is 14.2 Å². The van der Waals surface area contributed by atoms with Crippen molar-refractivity contribution in [3.05, 3.63) is 73.1 Å². The number of ketones is 1. The van der Waals surface area contributed by atoms with Crippen LogP contribution in [0, 0.1) is 27.7 Å². The lowest BCUT2D eigenvalue weighted by atomic mass is 9.97. The number of benzene rings is 1. The molecule has 5 rings (SSSR count). The number of aromatic nitrogens is 3. The molecule has 3 aromatic heterocycles. The van der Waals surface area contributed by atoms with Crippen molar-refractivity contribution in [1.82, 2.24) is 14.1 Å². The maximum atomic E-state index is 14.0. The van der Waals surface area contributed by atoms with Crippen molar-refractivity contribution in [3.8, 4) is 5.69 Å². The molecule has 5 nitrogen and oxygen atoms in total. The second-order valence-electron chi connectivity index (χ2n) is 9.27. The van der Waals surface area contributed by atoms with E-state index < -0.39 is 0 Å². The summed E-state index contributed by atoms with van der Waals surface area (Å²) >= 11 is 3.01. The van der Waals surface area contributed by atoms with Crippen molar-refractivity contribution in [3.63, 3.8) is 0 Å². The fourth-order valence-corrected chi connectivity index (χ4v) is 6.99. The Bertz CT molecular complexity index is 1510. The Morgan fingerprint density at radius 2 is 1.88 bits per heavy atom. The van der Waals surface area contributed by atoms with E-state index >= 15 is 0 Å². The molecule has 1 aromatic carbocycles. The Kier molecular flexibility index (Phi) is 6.02. The standard InChI is InChI=1S/C27H29N3O2S2/c1-15-10-11-16(2)21(12-15)30-26(32)24-19-8-6-7-9-23(19)34-25(24)28-27(30)33-14-22(31)20-13-17(3)29(5)18(20)4/h10-13H,6-9,14H2,1-5H3. The van der Waals surface area contributed by atoms with Crippen molar-refractivity contribution in [2.24, 2.45) is 7.05 Å². The number of thiophene rings is 1. The molecule has 176 valence electrons. The number of carbonyl (C=O) groups excluding carboxylic acids is 1. The largest absolute Gasteiger partial charge is 0.351 e. The van der Waals surface area contributed by atoms with Crippen molar-refractivity contribution >= 4 is 39.1 Å². The zero-order valence-corrected chi connectivity index (χ0v) is 22.0. The van der Waals surface area contributed by atoms with Gasteiger partial charge in [-0.15, -0.1) is 11.3 Å². The van der Waals surface area contributed by atoms with Crippen LogP contribution in [0.3, 0.4) is 0 Å². The number of hydrogen-bond acceptors (Lipinski definition) is 5. The first kappa shape index (κ1) is 23.1. The SMILES string of the molecule is Cc1ccc(C)c(-n2c(SCC(=O)c3cc(C)n(C)c3C)nc3sc4c(c3c2=O)CCCC4)c1. The number of hydrogen-bond donors (Lipinski definition) is 0. The van der Waals surface area contributed by atoms with Crippen LogP contribution in [-0.2, 0) is 19.9 Å². The topological polar surface area (TPSA) is 56.9 Å². The zero-order chi connectivity index (χ0) is 24.1. The first-order valence-corrected chi connectivity index (χ1v) is 13.5. The second-order valence-corrected chi connectivity index (χ2v) is 11.3. The molecule has 1 aliphatic rings. The average Bonchev–Trinajstić information content (AvgIpc) is 3.31. The quantitative estimate of drug-likeness (QED) is 0.199. The molecule has 34 heavy (non-hydrogen) atoms. The smallest absolute Gasteiger partial charge is 0.267 e. The molecule has 0 fully saturated rings. The van der Waals surface area contributed by atoms with Gasteiger partial charge in [0.05, 0.1) is 16.8 Å². The van der Waals surface area contributed by atoms with Crippen LogP contribution in [0.5, 0.6) is 0 Å². The molecule has 0 saturated heterocycles. The fraction of sp³-hybridized carbons (Fsp3) is 0.370. The van der Waals surface area contributed by atoms with Gasteiger partial charge in [0.15, 0.2) is 10.9 Å². The van der Waals surface area contributed by atoms with E-state index in [4.69, 9.17) is 4.98 Å². The molecule has 0 atom stereocenters. The molecule has 0 unspecified atom stereocenters. The predicted octanol–water partition coefficient (Wildman–Crippen LogP) is 5.87. The Labute approximate surface area is 207 Å². The predicted molar refractivity (Wildman–Crippen MR) is 141 cm³/mol. The van der Waals surface area contributed by atoms with Crippen LogP contribution in [-0.4, -0.2) is 25.7 Å². The van der Waals surface area contributed by atoms with Crippen molar-refractivity contribution in [2.75, 3.05) is 5.75 Å². The third kappa shape index (κ3) is 3.85. The number of aryl methyl sites for hydroxylation is 5. The third-order valence-corrected chi connectivity index (χ3v) is 9.10. The summed E-state index contributed by atoms with van der Waals surface area (Å²) in [5, 5.41) is 1.36. The van der Waals surface area contributed by atoms with Gasteiger partial charge in [-0.2, -0.15) is 0 Å². The molecule has 0 N–H and O–H groups in total. The Morgan fingerprint density at radius 3 is 2.62 bits per heavy atom. The first-order valence-electron chi connectivity index (χ1n) is 11.7. The van der Waals surface area contributed by atoms with E-state index in [-0.39, 0.29) is 17.1 Å². The normalized spacial score (nSPS) is 13.4. The minimum absolute atomic E-state index is 0.0141. The monoisotopic (exact) mass is 491 g/mol. The van der Waals surface area contributed by atoms with Crippen LogP contribution in [0.25, 0.3) is 15.9 Å². The Balaban J connectivity index is 1.64. The summed E-state index contributed by atoms with van der Waals surface area (Å²) in [6, 6.07) is 8.08. The molecule has 0 spiro atoms. The number of rotatable bonds is 5. The minimum atomic E-state index is -0.0141. The van der Waals surface area contributed by atoms with Crippen LogP contribution in [0.4, 0.5) is 0 Å². The van der Waals surface area contributed by atoms with Gasteiger partial charge in [0.25, 0.3) is 5.56 Å². The maximum absolute atomic E-state index is 14.0. The lowest BCUT2D eigenvalue weighted by Gasteiger charge is -2.16. The average molecular weight is 492 g/mol. The molecule has 0 saturated carbocycles. The van der Waals surface area contributed by atoms with E-state index in [0.717, 1.165) is 69.7 Å². The summed E-state index contributed by atoms with van der Waals surface area (Å²) in [5.41, 5.74) is 6.87. The van der Waals surface area contributed by atoms with E-state index in [2.05, 4.69) is 6.07 Å². The first-order chi connectivity index (χ1) is 16.3. The van der Waals surface area contributed by atoms with E-state index in [1.807, 2.05) is 57.5 Å². The molecule has 1 aliphatic carbocycles. The van der Waals surface area contributed by atoms with E-state index in [1.54, 1.807) is 15.9 Å². The second kappa shape index (κ2) is 8.86.